The molecule has 1 heterocycles. The molecule has 0 bridgehead atoms. The lowest BCUT2D eigenvalue weighted by molar-refractivity contribution is -0.0244. The Bertz CT molecular complexity index is 265. The molecule has 1 saturated heterocycles. The maximum absolute atomic E-state index is 10.9. The lowest BCUT2D eigenvalue weighted by Gasteiger charge is -2.34. The van der Waals surface area contributed by atoms with E-state index in [9.17, 15) is 8.42 Å². The quantitative estimate of drug-likeness (QED) is 0.643. The van der Waals surface area contributed by atoms with Crippen molar-refractivity contribution in [3.8, 4) is 0 Å². The minimum absolute atomic E-state index is 0.0176. The van der Waals surface area contributed by atoms with Crippen LogP contribution in [0.2, 0.25) is 0 Å². The monoisotopic (exact) mass is 223 g/mol. The van der Waals surface area contributed by atoms with Crippen LogP contribution in [0.5, 0.6) is 0 Å². The Kier molecular flexibility index (Phi) is 4.31. The topological polar surface area (TPSA) is 66.8 Å². The summed E-state index contributed by atoms with van der Waals surface area (Å²) < 4.78 is 27.1. The van der Waals surface area contributed by atoms with Gasteiger partial charge in [-0.2, -0.15) is 0 Å². The Labute approximate surface area is 84.6 Å². The molecular formula is C8H17NO4S. The van der Waals surface area contributed by atoms with Gasteiger partial charge in [0, 0.05) is 19.3 Å². The molecule has 1 aliphatic rings. The number of rotatable bonds is 4. The van der Waals surface area contributed by atoms with Gasteiger partial charge in [0.05, 0.1) is 31.6 Å². The predicted molar refractivity (Wildman–Crippen MR) is 53.0 cm³/mol. The summed E-state index contributed by atoms with van der Waals surface area (Å²) in [5, 5.41) is 9.02. The first-order valence-corrected chi connectivity index (χ1v) is 6.69. The van der Waals surface area contributed by atoms with Crippen LogP contribution in [0.1, 0.15) is 0 Å². The summed E-state index contributed by atoms with van der Waals surface area (Å²) >= 11 is 0. The number of hydrogen-bond acceptors (Lipinski definition) is 5. The fourth-order valence-corrected chi connectivity index (χ4v) is 2.00. The van der Waals surface area contributed by atoms with E-state index in [0.717, 1.165) is 0 Å². The third-order valence-electron chi connectivity index (χ3n) is 2.31. The first-order chi connectivity index (χ1) is 6.53. The van der Waals surface area contributed by atoms with E-state index < -0.39 is 9.84 Å². The number of ether oxygens (including phenoxy) is 1. The molecule has 84 valence electrons. The lowest BCUT2D eigenvalue weighted by Crippen LogP contribution is -2.48. The zero-order valence-electron chi connectivity index (χ0n) is 8.35. The minimum atomic E-state index is -2.92. The van der Waals surface area contributed by atoms with E-state index in [4.69, 9.17) is 9.84 Å². The van der Waals surface area contributed by atoms with Crippen molar-refractivity contribution in [2.24, 2.45) is 0 Å². The number of morpholine rings is 1. The average Bonchev–Trinajstić information content (AvgIpc) is 2.14. The van der Waals surface area contributed by atoms with Gasteiger partial charge in [-0.05, 0) is 0 Å². The van der Waals surface area contributed by atoms with Crippen LogP contribution in [0, 0.1) is 0 Å². The SMILES string of the molecule is CS(=O)(=O)CCN1CCOCC1CO. The molecule has 14 heavy (non-hydrogen) atoms. The molecule has 5 nitrogen and oxygen atoms in total. The molecule has 0 spiro atoms. The van der Waals surface area contributed by atoms with Gasteiger partial charge in [0.1, 0.15) is 9.84 Å². The molecule has 1 aliphatic heterocycles. The van der Waals surface area contributed by atoms with Gasteiger partial charge in [-0.25, -0.2) is 8.42 Å². The van der Waals surface area contributed by atoms with Crippen molar-refractivity contribution in [1.29, 1.82) is 0 Å². The van der Waals surface area contributed by atoms with E-state index in [0.29, 0.717) is 26.3 Å². The van der Waals surface area contributed by atoms with E-state index in [2.05, 4.69) is 0 Å². The van der Waals surface area contributed by atoms with Crippen molar-refractivity contribution in [1.82, 2.24) is 4.90 Å². The largest absolute Gasteiger partial charge is 0.395 e. The zero-order chi connectivity index (χ0) is 10.6. The highest BCUT2D eigenvalue weighted by molar-refractivity contribution is 7.90. The van der Waals surface area contributed by atoms with E-state index in [1.807, 2.05) is 4.90 Å². The van der Waals surface area contributed by atoms with E-state index >= 15 is 0 Å². The molecule has 1 unspecified atom stereocenters. The van der Waals surface area contributed by atoms with Crippen LogP contribution in [0.25, 0.3) is 0 Å². The van der Waals surface area contributed by atoms with Gasteiger partial charge < -0.3 is 9.84 Å². The van der Waals surface area contributed by atoms with Crippen molar-refractivity contribution in [3.05, 3.63) is 0 Å². The summed E-state index contributed by atoms with van der Waals surface area (Å²) in [6.07, 6.45) is 1.22. The molecule has 0 aliphatic carbocycles. The second-order valence-electron chi connectivity index (χ2n) is 3.58. The molecule has 0 aromatic heterocycles. The zero-order valence-corrected chi connectivity index (χ0v) is 9.16. The van der Waals surface area contributed by atoms with Crippen molar-refractivity contribution < 1.29 is 18.3 Å². The molecule has 1 N–H and O–H groups in total. The number of aliphatic hydroxyl groups excluding tert-OH is 1. The highest BCUT2D eigenvalue weighted by atomic mass is 32.2. The second-order valence-corrected chi connectivity index (χ2v) is 5.84. The van der Waals surface area contributed by atoms with E-state index in [1.54, 1.807) is 0 Å². The third kappa shape index (κ3) is 3.91. The number of sulfone groups is 1. The van der Waals surface area contributed by atoms with Gasteiger partial charge in [0.25, 0.3) is 0 Å². The van der Waals surface area contributed by atoms with Gasteiger partial charge in [-0.15, -0.1) is 0 Å². The maximum atomic E-state index is 10.9. The number of aliphatic hydroxyl groups is 1. The van der Waals surface area contributed by atoms with Crippen LogP contribution < -0.4 is 0 Å². The van der Waals surface area contributed by atoms with Crippen molar-refractivity contribution >= 4 is 9.84 Å². The van der Waals surface area contributed by atoms with Gasteiger partial charge >= 0.3 is 0 Å². The molecule has 0 aromatic rings. The fourth-order valence-electron chi connectivity index (χ4n) is 1.43. The van der Waals surface area contributed by atoms with Crippen LogP contribution in [-0.4, -0.2) is 69.4 Å². The van der Waals surface area contributed by atoms with Crippen LogP contribution in [0.4, 0.5) is 0 Å². The number of hydrogen-bond donors (Lipinski definition) is 1. The van der Waals surface area contributed by atoms with E-state index in [1.165, 1.54) is 6.26 Å². The second kappa shape index (κ2) is 5.06. The van der Waals surface area contributed by atoms with Gasteiger partial charge in [-0.3, -0.25) is 4.90 Å². The van der Waals surface area contributed by atoms with Crippen LogP contribution in [0.15, 0.2) is 0 Å². The van der Waals surface area contributed by atoms with E-state index in [-0.39, 0.29) is 18.4 Å². The first kappa shape index (κ1) is 11.9. The van der Waals surface area contributed by atoms with Crippen molar-refractivity contribution in [2.75, 3.05) is 44.9 Å². The fraction of sp³-hybridized carbons (Fsp3) is 1.00. The summed E-state index contributed by atoms with van der Waals surface area (Å²) in [5.74, 6) is 0.142. The molecular weight excluding hydrogens is 206 g/mol. The van der Waals surface area contributed by atoms with Crippen LogP contribution >= 0.6 is 0 Å². The highest BCUT2D eigenvalue weighted by Gasteiger charge is 2.22. The minimum Gasteiger partial charge on any atom is -0.395 e. The smallest absolute Gasteiger partial charge is 0.148 e. The van der Waals surface area contributed by atoms with Crippen LogP contribution in [-0.2, 0) is 14.6 Å². The Morgan fingerprint density at radius 3 is 2.86 bits per heavy atom. The molecule has 1 fully saturated rings. The lowest BCUT2D eigenvalue weighted by atomic mass is 10.2. The molecule has 1 atom stereocenters. The third-order valence-corrected chi connectivity index (χ3v) is 3.23. The Hall–Kier alpha value is -0.170. The molecule has 1 rings (SSSR count). The summed E-state index contributed by atoms with van der Waals surface area (Å²) in [6, 6.07) is -0.0505. The first-order valence-electron chi connectivity index (χ1n) is 4.63. The molecule has 0 aromatic carbocycles. The maximum Gasteiger partial charge on any atom is 0.148 e. The summed E-state index contributed by atoms with van der Waals surface area (Å²) in [5.41, 5.74) is 0. The van der Waals surface area contributed by atoms with Gasteiger partial charge in [0.15, 0.2) is 0 Å². The average molecular weight is 223 g/mol. The predicted octanol–water partition coefficient (Wildman–Crippen LogP) is -1.28. The van der Waals surface area contributed by atoms with Gasteiger partial charge in [0.2, 0.25) is 0 Å². The van der Waals surface area contributed by atoms with Crippen LogP contribution in [0.3, 0.4) is 0 Å². The highest BCUT2D eigenvalue weighted by Crippen LogP contribution is 2.06. The van der Waals surface area contributed by atoms with Crippen molar-refractivity contribution in [3.63, 3.8) is 0 Å². The van der Waals surface area contributed by atoms with Crippen molar-refractivity contribution in [2.45, 2.75) is 6.04 Å². The molecule has 0 amide bonds. The Balaban J connectivity index is 2.41. The Morgan fingerprint density at radius 1 is 1.57 bits per heavy atom. The Morgan fingerprint density at radius 2 is 2.29 bits per heavy atom. The molecule has 6 heteroatoms. The summed E-state index contributed by atoms with van der Waals surface area (Å²) in [6.45, 7) is 2.29. The molecule has 0 radical (unpaired) electrons. The standard InChI is InChI=1S/C8H17NO4S/c1-14(11,12)5-3-9-2-4-13-7-8(9)6-10/h8,10H,2-7H2,1H3. The summed E-state index contributed by atoms with van der Waals surface area (Å²) in [4.78, 5) is 1.96. The normalized spacial score (nSPS) is 25.1. The summed E-state index contributed by atoms with van der Waals surface area (Å²) in [7, 11) is -2.92. The van der Waals surface area contributed by atoms with Gasteiger partial charge in [-0.1, -0.05) is 0 Å². The molecule has 0 saturated carbocycles. The number of nitrogens with zero attached hydrogens (tertiary/aromatic N) is 1.